The smallest absolute Gasteiger partial charge is 0.146 e. The second-order valence-corrected chi connectivity index (χ2v) is 14.8. The summed E-state index contributed by atoms with van der Waals surface area (Å²) in [5, 5.41) is 8.12. The van der Waals surface area contributed by atoms with Crippen LogP contribution in [-0.2, 0) is 11.8 Å². The van der Waals surface area contributed by atoms with E-state index in [1.54, 1.807) is 0 Å². The first-order valence-corrected chi connectivity index (χ1v) is 16.7. The van der Waals surface area contributed by atoms with Gasteiger partial charge in [0.1, 0.15) is 5.65 Å². The fraction of sp³-hybridized carbons (Fsp3) is 0. The van der Waals surface area contributed by atoms with Crippen LogP contribution in [0.2, 0.25) is 0 Å². The first-order chi connectivity index (χ1) is 20.7. The van der Waals surface area contributed by atoms with E-state index in [2.05, 4.69) is 141 Å². The van der Waals surface area contributed by atoms with E-state index in [9.17, 15) is 0 Å². The van der Waals surface area contributed by atoms with Gasteiger partial charge in [-0.25, -0.2) is 4.98 Å². The van der Waals surface area contributed by atoms with Gasteiger partial charge in [0.2, 0.25) is 0 Å². The first-order valence-electron chi connectivity index (χ1n) is 14.0. The number of para-hydroxylation sites is 5. The molecule has 9 aromatic rings. The lowest BCUT2D eigenvalue weighted by Gasteiger charge is -2.27. The van der Waals surface area contributed by atoms with Crippen LogP contribution in [0.5, 0.6) is 0 Å². The lowest BCUT2D eigenvalue weighted by atomic mass is 10.1. The molecule has 0 radical (unpaired) electrons. The average molecular weight is 575 g/mol. The number of imidazole rings is 1. The standard InChI is InChI=1S/C36H23N4PS/c42-41(24-19-21-37-22-20-24,40-33-14-6-2-10-28(33)29-11-3-7-15-34(29)40)25-17-18-26-27-9-1-5-13-32(27)39-35-16-8-4-12-31(35)38-36(39)30(26)23-25/h1-23H. The molecule has 5 aromatic carbocycles. The van der Waals surface area contributed by atoms with E-state index in [-0.39, 0.29) is 0 Å². The van der Waals surface area contributed by atoms with E-state index in [4.69, 9.17) is 16.8 Å². The molecule has 9 rings (SSSR count). The molecule has 0 spiro atoms. The van der Waals surface area contributed by atoms with E-state index in [1.165, 1.54) is 21.5 Å². The quantitative estimate of drug-likeness (QED) is 0.158. The third-order valence-electron chi connectivity index (χ3n) is 8.44. The van der Waals surface area contributed by atoms with Gasteiger partial charge in [0.25, 0.3) is 0 Å². The third kappa shape index (κ3) is 3.15. The van der Waals surface area contributed by atoms with Crippen LogP contribution in [0, 0.1) is 0 Å². The number of aromatic nitrogens is 4. The molecule has 0 aliphatic rings. The van der Waals surface area contributed by atoms with Gasteiger partial charge < -0.3 is 4.34 Å². The van der Waals surface area contributed by atoms with Crippen LogP contribution >= 0.6 is 6.19 Å². The van der Waals surface area contributed by atoms with Crippen molar-refractivity contribution in [2.75, 3.05) is 0 Å². The molecular weight excluding hydrogens is 551 g/mol. The highest BCUT2D eigenvalue weighted by Gasteiger charge is 2.29. The Bertz CT molecular complexity index is 2510. The highest BCUT2D eigenvalue weighted by atomic mass is 32.4. The molecule has 0 bridgehead atoms. The zero-order valence-corrected chi connectivity index (χ0v) is 24.1. The number of benzene rings is 5. The fourth-order valence-electron chi connectivity index (χ4n) is 6.62. The van der Waals surface area contributed by atoms with Crippen molar-refractivity contribution >= 4 is 88.8 Å². The van der Waals surface area contributed by atoms with Gasteiger partial charge in [0.15, 0.2) is 0 Å². The Morgan fingerprint density at radius 2 is 1.07 bits per heavy atom. The number of fused-ring (bicyclic) bond motifs is 11. The minimum Gasteiger partial charge on any atom is -0.304 e. The van der Waals surface area contributed by atoms with Gasteiger partial charge in [-0.05, 0) is 53.9 Å². The van der Waals surface area contributed by atoms with Crippen molar-refractivity contribution in [3.8, 4) is 0 Å². The second-order valence-electron chi connectivity index (χ2n) is 10.6. The molecule has 0 saturated heterocycles. The minimum atomic E-state index is -2.62. The lowest BCUT2D eigenvalue weighted by Crippen LogP contribution is -2.21. The molecule has 1 unspecified atom stereocenters. The topological polar surface area (TPSA) is 35.1 Å². The lowest BCUT2D eigenvalue weighted by molar-refractivity contribution is 1.31. The van der Waals surface area contributed by atoms with Gasteiger partial charge in [-0.15, -0.1) is 0 Å². The minimum absolute atomic E-state index is 0.949. The predicted octanol–water partition coefficient (Wildman–Crippen LogP) is 8.19. The summed E-state index contributed by atoms with van der Waals surface area (Å²) in [6.07, 6.45) is 1.09. The molecule has 1 atom stereocenters. The molecule has 4 nitrogen and oxygen atoms in total. The SMILES string of the molecule is S=P(c1ccncc1)(c1ccc2c3ccccc3n3c4ccccc4nc3c2c1)n1c2ccccc2c2ccccc21. The van der Waals surface area contributed by atoms with Gasteiger partial charge in [0.05, 0.1) is 33.8 Å². The molecule has 42 heavy (non-hydrogen) atoms. The van der Waals surface area contributed by atoms with E-state index in [0.717, 1.165) is 49.2 Å². The fourth-order valence-corrected chi connectivity index (χ4v) is 10.7. The van der Waals surface area contributed by atoms with E-state index in [1.807, 2.05) is 12.4 Å². The molecule has 4 heterocycles. The van der Waals surface area contributed by atoms with Gasteiger partial charge in [-0.1, -0.05) is 90.7 Å². The van der Waals surface area contributed by atoms with Crippen molar-refractivity contribution in [1.82, 2.24) is 18.7 Å². The summed E-state index contributed by atoms with van der Waals surface area (Å²) in [4.78, 5) is 9.53. The summed E-state index contributed by atoms with van der Waals surface area (Å²) in [6.45, 7) is 0. The molecule has 0 aliphatic heterocycles. The number of pyridine rings is 2. The molecule has 0 amide bonds. The Labute approximate surface area is 246 Å². The molecule has 0 aliphatic carbocycles. The number of hydrogen-bond donors (Lipinski definition) is 0. The molecule has 0 fully saturated rings. The predicted molar refractivity (Wildman–Crippen MR) is 180 cm³/mol. The van der Waals surface area contributed by atoms with E-state index in [0.29, 0.717) is 0 Å². The van der Waals surface area contributed by atoms with E-state index < -0.39 is 6.19 Å². The molecule has 6 heteroatoms. The molecule has 0 N–H and O–H groups in total. The molecule has 198 valence electrons. The van der Waals surface area contributed by atoms with Crippen LogP contribution in [0.4, 0.5) is 0 Å². The molecule has 4 aromatic heterocycles. The van der Waals surface area contributed by atoms with Crippen molar-refractivity contribution in [2.24, 2.45) is 0 Å². The third-order valence-corrected chi connectivity index (χ3v) is 13.2. The van der Waals surface area contributed by atoms with Crippen LogP contribution in [0.1, 0.15) is 0 Å². The summed E-state index contributed by atoms with van der Waals surface area (Å²) >= 11 is 6.97. The zero-order valence-electron chi connectivity index (χ0n) is 22.4. The van der Waals surface area contributed by atoms with Crippen LogP contribution in [-0.4, -0.2) is 18.7 Å². The van der Waals surface area contributed by atoms with Crippen molar-refractivity contribution in [2.45, 2.75) is 0 Å². The van der Waals surface area contributed by atoms with Crippen molar-refractivity contribution in [1.29, 1.82) is 0 Å². The second kappa shape index (κ2) is 8.83. The van der Waals surface area contributed by atoms with Crippen LogP contribution in [0.3, 0.4) is 0 Å². The highest BCUT2D eigenvalue weighted by molar-refractivity contribution is 8.21. The van der Waals surface area contributed by atoms with Gasteiger partial charge in [-0.2, -0.15) is 0 Å². The Balaban J connectivity index is 1.46. The highest BCUT2D eigenvalue weighted by Crippen LogP contribution is 2.52. The van der Waals surface area contributed by atoms with Crippen molar-refractivity contribution in [3.05, 3.63) is 140 Å². The van der Waals surface area contributed by atoms with Crippen molar-refractivity contribution < 1.29 is 0 Å². The van der Waals surface area contributed by atoms with E-state index >= 15 is 0 Å². The normalized spacial score (nSPS) is 13.5. The maximum Gasteiger partial charge on any atom is 0.146 e. The van der Waals surface area contributed by atoms with Crippen LogP contribution in [0.25, 0.3) is 60.2 Å². The number of nitrogens with zero attached hydrogens (tertiary/aromatic N) is 4. The van der Waals surface area contributed by atoms with Crippen molar-refractivity contribution in [3.63, 3.8) is 0 Å². The Morgan fingerprint density at radius 1 is 0.500 bits per heavy atom. The zero-order chi connectivity index (χ0) is 27.8. The Morgan fingerprint density at radius 3 is 1.76 bits per heavy atom. The van der Waals surface area contributed by atoms with Crippen LogP contribution < -0.4 is 10.6 Å². The largest absolute Gasteiger partial charge is 0.304 e. The van der Waals surface area contributed by atoms with Gasteiger partial charge >= 0.3 is 0 Å². The average Bonchev–Trinajstić information content (AvgIpc) is 3.62. The number of hydrogen-bond acceptors (Lipinski definition) is 3. The van der Waals surface area contributed by atoms with Gasteiger partial charge in [-0.3, -0.25) is 9.38 Å². The Kier molecular flexibility index (Phi) is 5.01. The summed E-state index contributed by atoms with van der Waals surface area (Å²) in [5.41, 5.74) is 6.48. The maximum atomic E-state index is 6.97. The summed E-state index contributed by atoms with van der Waals surface area (Å²) in [5.74, 6) is 0. The monoisotopic (exact) mass is 574 g/mol. The van der Waals surface area contributed by atoms with Crippen LogP contribution in [0.15, 0.2) is 140 Å². The first kappa shape index (κ1) is 23.8. The van der Waals surface area contributed by atoms with Gasteiger partial charge in [0, 0.05) is 44.5 Å². The number of rotatable bonds is 3. The summed E-state index contributed by atoms with van der Waals surface area (Å²) in [6, 6.07) is 45.2. The maximum absolute atomic E-state index is 6.97. The summed E-state index contributed by atoms with van der Waals surface area (Å²) < 4.78 is 4.73. The summed E-state index contributed by atoms with van der Waals surface area (Å²) in [7, 11) is 0. The molecular formula is C36H23N4PS. The molecule has 0 saturated carbocycles. The Hall–Kier alpha value is -4.83.